The molecular weight excluding hydrogens is 632 g/mol. The number of carboxylic acids is 3. The Morgan fingerprint density at radius 1 is 0.681 bits per heavy atom. The van der Waals surface area contributed by atoms with Gasteiger partial charge in [0.15, 0.2) is 5.96 Å². The number of amides is 6. The lowest BCUT2D eigenvalue weighted by Gasteiger charge is -2.24. The van der Waals surface area contributed by atoms with Gasteiger partial charge in [-0.1, -0.05) is 0 Å². The highest BCUT2D eigenvalue weighted by Gasteiger charge is 2.31. The molecule has 0 unspecified atom stereocenters. The first-order valence-corrected chi connectivity index (χ1v) is 14.1. The predicted molar refractivity (Wildman–Crippen MR) is 159 cm³/mol. The van der Waals surface area contributed by atoms with Crippen LogP contribution in [0.5, 0.6) is 0 Å². The van der Waals surface area contributed by atoms with Crippen molar-refractivity contribution in [3.63, 3.8) is 0 Å². The van der Waals surface area contributed by atoms with Crippen molar-refractivity contribution in [2.45, 2.75) is 82.1 Å². The molecule has 0 aliphatic carbocycles. The molecule has 0 spiro atoms. The molecule has 16 N–H and O–H groups in total. The molecule has 0 heterocycles. The van der Waals surface area contributed by atoms with Gasteiger partial charge in [0.1, 0.15) is 24.2 Å². The van der Waals surface area contributed by atoms with E-state index in [1.54, 1.807) is 0 Å². The minimum Gasteiger partial charge on any atom is -0.481 e. The van der Waals surface area contributed by atoms with Crippen LogP contribution < -0.4 is 49.5 Å². The summed E-state index contributed by atoms with van der Waals surface area (Å²) in [6.45, 7) is 0.605. The van der Waals surface area contributed by atoms with E-state index in [0.717, 1.165) is 0 Å². The van der Waals surface area contributed by atoms with E-state index in [1.165, 1.54) is 6.92 Å². The summed E-state index contributed by atoms with van der Waals surface area (Å²) in [6.07, 6.45) is -2.29. The summed E-state index contributed by atoms with van der Waals surface area (Å²) < 4.78 is 0. The SMILES string of the molecule is C[C@H](NC(=O)[C@H](CCCN=C(N)N)NC(=O)CNC(=O)[C@@H](N)CCC(N)=O)C(=O)N[C@@H](CC(=O)O)C(=O)N[C@@H](CCC(=O)O)C(=O)O. The first-order chi connectivity index (χ1) is 21.8. The molecular formula is C25H42N10O12. The number of hydrogen-bond donors (Lipinski definition) is 12. The number of nitrogens with one attached hydrogen (secondary N) is 5. The Hall–Kier alpha value is -5.54. The van der Waals surface area contributed by atoms with Crippen LogP contribution in [0.2, 0.25) is 0 Å². The highest BCUT2D eigenvalue weighted by Crippen LogP contribution is 2.04. The molecule has 5 atom stereocenters. The van der Waals surface area contributed by atoms with Crippen LogP contribution in [-0.2, 0) is 43.2 Å². The Bertz CT molecular complexity index is 1210. The van der Waals surface area contributed by atoms with Crippen molar-refractivity contribution in [3.05, 3.63) is 0 Å². The molecule has 0 fully saturated rings. The second-order valence-electron chi connectivity index (χ2n) is 10.1. The zero-order valence-corrected chi connectivity index (χ0v) is 25.5. The van der Waals surface area contributed by atoms with Gasteiger partial charge in [0.2, 0.25) is 35.4 Å². The van der Waals surface area contributed by atoms with Crippen LogP contribution in [-0.4, -0.2) is 118 Å². The predicted octanol–water partition coefficient (Wildman–Crippen LogP) is -5.87. The third-order valence-corrected chi connectivity index (χ3v) is 6.08. The van der Waals surface area contributed by atoms with Crippen LogP contribution in [0.15, 0.2) is 4.99 Å². The van der Waals surface area contributed by atoms with Crippen molar-refractivity contribution in [2.75, 3.05) is 13.1 Å². The summed E-state index contributed by atoms with van der Waals surface area (Å²) in [5, 5.41) is 38.2. The Morgan fingerprint density at radius 2 is 1.28 bits per heavy atom. The fourth-order valence-corrected chi connectivity index (χ4v) is 3.60. The Kier molecular flexibility index (Phi) is 18.7. The third kappa shape index (κ3) is 18.8. The molecule has 0 saturated heterocycles. The monoisotopic (exact) mass is 674 g/mol. The number of hydrogen-bond acceptors (Lipinski definition) is 11. The lowest BCUT2D eigenvalue weighted by atomic mass is 10.1. The third-order valence-electron chi connectivity index (χ3n) is 6.08. The largest absolute Gasteiger partial charge is 0.481 e. The topological polar surface area (TPSA) is 391 Å². The van der Waals surface area contributed by atoms with Crippen molar-refractivity contribution in [3.8, 4) is 0 Å². The summed E-state index contributed by atoms with van der Waals surface area (Å²) in [6, 6.07) is -7.41. The number of aliphatic carboxylic acids is 3. The normalized spacial score (nSPS) is 13.7. The van der Waals surface area contributed by atoms with Crippen LogP contribution in [0.25, 0.3) is 0 Å². The molecule has 0 radical (unpaired) electrons. The number of primary amides is 1. The summed E-state index contributed by atoms with van der Waals surface area (Å²) in [7, 11) is 0. The fraction of sp³-hybridized carbons (Fsp3) is 0.600. The standard InChI is InChI=1S/C25H42N10O12/c1-11(20(42)35-15(9-19(40)41)23(45)34-14(24(46)47)5-7-18(38)39)32-22(44)13(3-2-8-30-25(28)29)33-17(37)10-31-21(43)12(26)4-6-16(27)36/h11-15H,2-10,26H2,1H3,(H2,27,36)(H,31,43)(H,32,44)(H,33,37)(H,34,45)(H,35,42)(H,38,39)(H,40,41)(H,46,47)(H4,28,29,30)/t11-,12-,13-,14-,15-/m0/s1. The lowest BCUT2D eigenvalue weighted by Crippen LogP contribution is -2.57. The number of aliphatic imine (C=N–C) groups is 1. The van der Waals surface area contributed by atoms with Crippen molar-refractivity contribution in [1.29, 1.82) is 0 Å². The first-order valence-electron chi connectivity index (χ1n) is 14.1. The van der Waals surface area contributed by atoms with Gasteiger partial charge in [-0.05, 0) is 32.6 Å². The molecule has 0 saturated carbocycles. The molecule has 0 aliphatic rings. The van der Waals surface area contributed by atoms with Crippen molar-refractivity contribution < 1.29 is 58.5 Å². The number of carbonyl (C=O) groups excluding carboxylic acids is 6. The maximum atomic E-state index is 13.0. The maximum absolute atomic E-state index is 13.0. The summed E-state index contributed by atoms with van der Waals surface area (Å²) >= 11 is 0. The molecule has 264 valence electrons. The zero-order valence-electron chi connectivity index (χ0n) is 25.5. The van der Waals surface area contributed by atoms with Crippen LogP contribution in [0, 0.1) is 0 Å². The van der Waals surface area contributed by atoms with E-state index in [4.69, 9.17) is 28.0 Å². The van der Waals surface area contributed by atoms with E-state index in [1.807, 2.05) is 5.32 Å². The molecule has 0 aromatic rings. The molecule has 0 aromatic carbocycles. The summed E-state index contributed by atoms with van der Waals surface area (Å²) in [5.41, 5.74) is 21.2. The molecule has 0 bridgehead atoms. The Morgan fingerprint density at radius 3 is 1.81 bits per heavy atom. The van der Waals surface area contributed by atoms with E-state index >= 15 is 0 Å². The van der Waals surface area contributed by atoms with Gasteiger partial charge in [-0.3, -0.25) is 43.3 Å². The van der Waals surface area contributed by atoms with Gasteiger partial charge in [-0.25, -0.2) is 4.79 Å². The summed E-state index contributed by atoms with van der Waals surface area (Å²) in [4.78, 5) is 111. The van der Waals surface area contributed by atoms with Gasteiger partial charge in [0, 0.05) is 19.4 Å². The van der Waals surface area contributed by atoms with Crippen molar-refractivity contribution in [1.82, 2.24) is 26.6 Å². The second-order valence-corrected chi connectivity index (χ2v) is 10.1. The van der Waals surface area contributed by atoms with Gasteiger partial charge in [0.05, 0.1) is 19.0 Å². The zero-order chi connectivity index (χ0) is 36.3. The number of rotatable bonds is 23. The Labute approximate surface area is 267 Å². The molecule has 22 heteroatoms. The van der Waals surface area contributed by atoms with Gasteiger partial charge < -0.3 is 64.8 Å². The van der Waals surface area contributed by atoms with Gasteiger partial charge in [-0.2, -0.15) is 0 Å². The lowest BCUT2D eigenvalue weighted by molar-refractivity contribution is -0.144. The first kappa shape index (κ1) is 41.5. The molecule has 0 aliphatic heterocycles. The molecule has 22 nitrogen and oxygen atoms in total. The highest BCUT2D eigenvalue weighted by molar-refractivity contribution is 5.96. The number of nitrogens with two attached hydrogens (primary N) is 4. The number of carboxylic acid groups (broad SMARTS) is 3. The van der Waals surface area contributed by atoms with Gasteiger partial charge >= 0.3 is 17.9 Å². The van der Waals surface area contributed by atoms with Crippen molar-refractivity contribution in [2.24, 2.45) is 27.9 Å². The van der Waals surface area contributed by atoms with E-state index in [2.05, 4.69) is 26.3 Å². The van der Waals surface area contributed by atoms with E-state index in [0.29, 0.717) is 0 Å². The number of guanidine groups is 1. The van der Waals surface area contributed by atoms with Crippen LogP contribution in [0.3, 0.4) is 0 Å². The van der Waals surface area contributed by atoms with Crippen LogP contribution in [0.1, 0.15) is 51.9 Å². The number of nitrogens with zero attached hydrogens (tertiary/aromatic N) is 1. The molecule has 0 aromatic heterocycles. The second kappa shape index (κ2) is 21.2. The average molecular weight is 675 g/mol. The number of carbonyl (C=O) groups is 9. The minimum atomic E-state index is -1.82. The Balaban J connectivity index is 5.53. The molecule has 0 rings (SSSR count). The average Bonchev–Trinajstić information content (AvgIpc) is 2.96. The minimum absolute atomic E-state index is 0.0548. The highest BCUT2D eigenvalue weighted by atomic mass is 16.4. The van der Waals surface area contributed by atoms with Gasteiger partial charge in [-0.15, -0.1) is 0 Å². The maximum Gasteiger partial charge on any atom is 0.326 e. The molecule has 6 amide bonds. The molecule has 47 heavy (non-hydrogen) atoms. The van der Waals surface area contributed by atoms with E-state index in [9.17, 15) is 53.4 Å². The van der Waals surface area contributed by atoms with E-state index in [-0.39, 0.29) is 38.2 Å². The summed E-state index contributed by atoms with van der Waals surface area (Å²) in [5.74, 6) is -10.2. The fourth-order valence-electron chi connectivity index (χ4n) is 3.60. The van der Waals surface area contributed by atoms with E-state index < -0.39 is 109 Å². The van der Waals surface area contributed by atoms with Crippen LogP contribution in [0.4, 0.5) is 0 Å². The van der Waals surface area contributed by atoms with Crippen molar-refractivity contribution >= 4 is 59.3 Å². The van der Waals surface area contributed by atoms with Crippen LogP contribution >= 0.6 is 0 Å². The van der Waals surface area contributed by atoms with Gasteiger partial charge in [0.25, 0.3) is 0 Å². The smallest absolute Gasteiger partial charge is 0.326 e. The quantitative estimate of drug-likeness (QED) is 0.0273.